The maximum absolute atomic E-state index is 8.55. The van der Waals surface area contributed by atoms with Gasteiger partial charge in [0.25, 0.3) is 0 Å². The molecule has 4 heteroatoms. The molecule has 0 heterocycles. The Kier molecular flexibility index (Phi) is 4.04. The van der Waals surface area contributed by atoms with Gasteiger partial charge < -0.3 is 15.2 Å². The summed E-state index contributed by atoms with van der Waals surface area (Å²) in [7, 11) is 3.03. The van der Waals surface area contributed by atoms with E-state index in [1.54, 1.807) is 6.92 Å². The van der Waals surface area contributed by atoms with Crippen LogP contribution in [0.25, 0.3) is 0 Å². The Labute approximate surface area is 66.9 Å². The molecule has 0 aliphatic rings. The third-order valence-electron chi connectivity index (χ3n) is 1.37. The normalized spacial score (nSPS) is 16.0. The molecule has 0 spiro atoms. The number of nitriles is 1. The summed E-state index contributed by atoms with van der Waals surface area (Å²) >= 11 is 0. The van der Waals surface area contributed by atoms with Gasteiger partial charge >= 0.3 is 0 Å². The first-order valence-electron chi connectivity index (χ1n) is 3.31. The Morgan fingerprint density at radius 2 is 2.00 bits per heavy atom. The topological polar surface area (TPSA) is 68.3 Å². The molecule has 11 heavy (non-hydrogen) atoms. The Hall–Kier alpha value is -0.630. The molecule has 64 valence electrons. The minimum Gasteiger partial charge on any atom is -0.356 e. The average Bonchev–Trinajstić information content (AvgIpc) is 2.00. The maximum atomic E-state index is 8.55. The van der Waals surface area contributed by atoms with Crippen molar-refractivity contribution in [1.82, 2.24) is 0 Å². The number of hydrogen-bond donors (Lipinski definition) is 1. The molecule has 0 radical (unpaired) electrons. The van der Waals surface area contributed by atoms with E-state index < -0.39 is 11.8 Å². The van der Waals surface area contributed by atoms with E-state index in [2.05, 4.69) is 0 Å². The van der Waals surface area contributed by atoms with E-state index in [0.717, 1.165) is 0 Å². The fourth-order valence-corrected chi connectivity index (χ4v) is 0.655. The van der Waals surface area contributed by atoms with E-state index in [0.29, 0.717) is 6.42 Å². The van der Waals surface area contributed by atoms with Gasteiger partial charge in [-0.25, -0.2) is 0 Å². The molecule has 0 fully saturated rings. The number of methoxy groups -OCH3 is 2. The molecular formula is C7H14N2O2. The van der Waals surface area contributed by atoms with E-state index in [1.807, 2.05) is 6.07 Å². The number of hydrogen-bond acceptors (Lipinski definition) is 4. The summed E-state index contributed by atoms with van der Waals surface area (Å²) in [5.74, 6) is 0. The van der Waals surface area contributed by atoms with Crippen molar-refractivity contribution in [2.75, 3.05) is 14.2 Å². The summed E-state index contributed by atoms with van der Waals surface area (Å²) < 4.78 is 9.77. The molecule has 0 aromatic carbocycles. The summed E-state index contributed by atoms with van der Waals surface area (Å²) in [6.45, 7) is 1.64. The first-order valence-corrected chi connectivity index (χ1v) is 3.31. The van der Waals surface area contributed by atoms with Gasteiger partial charge in [0.15, 0.2) is 6.29 Å². The van der Waals surface area contributed by atoms with Crippen molar-refractivity contribution in [2.45, 2.75) is 25.2 Å². The van der Waals surface area contributed by atoms with Crippen LogP contribution in [0.5, 0.6) is 0 Å². The number of nitrogens with zero attached hydrogens (tertiary/aromatic N) is 1. The van der Waals surface area contributed by atoms with Crippen LogP contribution in [0.15, 0.2) is 0 Å². The average molecular weight is 158 g/mol. The van der Waals surface area contributed by atoms with Gasteiger partial charge in [-0.2, -0.15) is 5.26 Å². The lowest BCUT2D eigenvalue weighted by Gasteiger charge is -2.20. The molecule has 0 amide bonds. The summed E-state index contributed by atoms with van der Waals surface area (Å²) in [5, 5.41) is 8.55. The van der Waals surface area contributed by atoms with Crippen LogP contribution < -0.4 is 5.73 Å². The van der Waals surface area contributed by atoms with Gasteiger partial charge in [0, 0.05) is 20.6 Å². The lowest BCUT2D eigenvalue weighted by molar-refractivity contribution is -0.112. The van der Waals surface area contributed by atoms with Gasteiger partial charge in [-0.3, -0.25) is 0 Å². The monoisotopic (exact) mass is 158 g/mol. The molecule has 4 nitrogen and oxygen atoms in total. The Bertz CT molecular complexity index is 147. The largest absolute Gasteiger partial charge is 0.356 e. The first kappa shape index (κ1) is 10.4. The second-order valence-electron chi connectivity index (χ2n) is 2.63. The highest BCUT2D eigenvalue weighted by Gasteiger charge is 2.22. The quantitative estimate of drug-likeness (QED) is 0.595. The summed E-state index contributed by atoms with van der Waals surface area (Å²) in [6.07, 6.45) is -0.0269. The maximum Gasteiger partial charge on any atom is 0.159 e. The molecule has 0 aromatic rings. The van der Waals surface area contributed by atoms with Gasteiger partial charge in [-0.05, 0) is 6.92 Å². The zero-order chi connectivity index (χ0) is 8.91. The molecule has 0 aromatic heterocycles. The van der Waals surface area contributed by atoms with Crippen LogP contribution in [-0.4, -0.2) is 26.0 Å². The van der Waals surface area contributed by atoms with E-state index in [1.165, 1.54) is 14.2 Å². The molecule has 0 aliphatic carbocycles. The number of ether oxygens (including phenoxy) is 2. The van der Waals surface area contributed by atoms with Crippen LogP contribution >= 0.6 is 0 Å². The van der Waals surface area contributed by atoms with E-state index in [4.69, 9.17) is 20.5 Å². The molecule has 0 saturated carbocycles. The van der Waals surface area contributed by atoms with Crippen molar-refractivity contribution in [3.8, 4) is 6.07 Å². The highest BCUT2D eigenvalue weighted by atomic mass is 16.7. The predicted molar refractivity (Wildman–Crippen MR) is 40.6 cm³/mol. The van der Waals surface area contributed by atoms with Crippen molar-refractivity contribution < 1.29 is 9.47 Å². The van der Waals surface area contributed by atoms with Crippen LogP contribution in [0.2, 0.25) is 0 Å². The fourth-order valence-electron chi connectivity index (χ4n) is 0.655. The molecule has 0 saturated heterocycles. The summed E-state index contributed by atoms with van der Waals surface area (Å²) in [4.78, 5) is 0. The van der Waals surface area contributed by atoms with E-state index >= 15 is 0 Å². The molecule has 0 rings (SSSR count). The summed E-state index contributed by atoms with van der Waals surface area (Å²) in [6, 6.07) is 1.96. The van der Waals surface area contributed by atoms with E-state index in [9.17, 15) is 0 Å². The third-order valence-corrected chi connectivity index (χ3v) is 1.37. The Balaban J connectivity index is 3.92. The van der Waals surface area contributed by atoms with Crippen LogP contribution in [0.1, 0.15) is 13.3 Å². The second kappa shape index (κ2) is 4.29. The van der Waals surface area contributed by atoms with Crippen molar-refractivity contribution in [3.63, 3.8) is 0 Å². The van der Waals surface area contributed by atoms with Crippen molar-refractivity contribution >= 4 is 0 Å². The fraction of sp³-hybridized carbons (Fsp3) is 0.857. The Morgan fingerprint density at radius 1 is 1.55 bits per heavy atom. The third kappa shape index (κ3) is 3.94. The molecule has 1 unspecified atom stereocenters. The minimum absolute atomic E-state index is 0.372. The molecule has 1 atom stereocenters. The Morgan fingerprint density at radius 3 is 2.27 bits per heavy atom. The first-order chi connectivity index (χ1) is 5.05. The molecule has 2 N–H and O–H groups in total. The lowest BCUT2D eigenvalue weighted by atomic mass is 10.0. The van der Waals surface area contributed by atoms with Crippen LogP contribution in [0.4, 0.5) is 0 Å². The van der Waals surface area contributed by atoms with E-state index in [-0.39, 0.29) is 0 Å². The zero-order valence-electron chi connectivity index (χ0n) is 7.13. The lowest BCUT2D eigenvalue weighted by Crippen LogP contribution is -2.39. The predicted octanol–water partition coefficient (Wildman–Crippen LogP) is 0.236. The standard InChI is InChI=1S/C7H14N2O2/c1-7(9,5-8)4-6(10-2)11-3/h6H,4,9H2,1-3H3. The summed E-state index contributed by atoms with van der Waals surface area (Å²) in [5.41, 5.74) is 4.67. The molecule has 0 aliphatic heterocycles. The van der Waals surface area contributed by atoms with Gasteiger partial charge in [0.2, 0.25) is 0 Å². The highest BCUT2D eigenvalue weighted by molar-refractivity contribution is 5.01. The number of nitrogens with two attached hydrogens (primary N) is 1. The van der Waals surface area contributed by atoms with Crippen LogP contribution in [0.3, 0.4) is 0 Å². The van der Waals surface area contributed by atoms with Crippen LogP contribution in [0, 0.1) is 11.3 Å². The van der Waals surface area contributed by atoms with Crippen LogP contribution in [-0.2, 0) is 9.47 Å². The van der Waals surface area contributed by atoms with Gasteiger partial charge in [0.05, 0.1) is 6.07 Å². The second-order valence-corrected chi connectivity index (χ2v) is 2.63. The smallest absolute Gasteiger partial charge is 0.159 e. The minimum atomic E-state index is -0.878. The van der Waals surface area contributed by atoms with Gasteiger partial charge in [0.1, 0.15) is 5.54 Å². The zero-order valence-corrected chi connectivity index (χ0v) is 7.13. The number of rotatable bonds is 4. The van der Waals surface area contributed by atoms with Gasteiger partial charge in [-0.1, -0.05) is 0 Å². The molecule has 0 bridgehead atoms. The van der Waals surface area contributed by atoms with Gasteiger partial charge in [-0.15, -0.1) is 0 Å². The van der Waals surface area contributed by atoms with Crippen molar-refractivity contribution in [3.05, 3.63) is 0 Å². The SMILES string of the molecule is COC(CC(C)(N)C#N)OC. The highest BCUT2D eigenvalue weighted by Crippen LogP contribution is 2.10. The van der Waals surface area contributed by atoms with Crippen molar-refractivity contribution in [2.24, 2.45) is 5.73 Å². The molecular weight excluding hydrogens is 144 g/mol. The van der Waals surface area contributed by atoms with Crippen molar-refractivity contribution in [1.29, 1.82) is 5.26 Å².